The molecule has 160 valence electrons. The summed E-state index contributed by atoms with van der Waals surface area (Å²) in [6.45, 7) is 25.7. The molecule has 2 heteroatoms. The summed E-state index contributed by atoms with van der Waals surface area (Å²) in [5, 5.41) is 3.74. The van der Waals surface area contributed by atoms with Crippen LogP contribution in [0.25, 0.3) is 5.70 Å². The predicted octanol–water partition coefficient (Wildman–Crippen LogP) is 7.96. The second-order valence-corrected chi connectivity index (χ2v) is 8.13. The highest BCUT2D eigenvalue weighted by Gasteiger charge is 2.15. The second kappa shape index (κ2) is 11.7. The number of nitrogens with zero attached hydrogens (tertiary/aromatic N) is 1. The quantitative estimate of drug-likeness (QED) is 0.362. The molecule has 0 heterocycles. The van der Waals surface area contributed by atoms with Gasteiger partial charge in [0.25, 0.3) is 0 Å². The van der Waals surface area contributed by atoms with Crippen LogP contribution in [0.5, 0.6) is 0 Å². The number of allylic oxidation sites excluding steroid dienone is 3. The minimum Gasteiger partial charge on any atom is -0.382 e. The molecule has 0 saturated heterocycles. The number of aryl methyl sites for hydroxylation is 1. The lowest BCUT2D eigenvalue weighted by Gasteiger charge is -2.28. The van der Waals surface area contributed by atoms with E-state index in [4.69, 9.17) is 0 Å². The van der Waals surface area contributed by atoms with E-state index in [-0.39, 0.29) is 0 Å². The van der Waals surface area contributed by atoms with Gasteiger partial charge in [0.15, 0.2) is 0 Å². The number of likely N-dealkylation sites (N-methyl/N-ethyl adjacent to an activating group) is 1. The van der Waals surface area contributed by atoms with Crippen LogP contribution in [0.3, 0.4) is 0 Å². The van der Waals surface area contributed by atoms with Gasteiger partial charge in [0.2, 0.25) is 0 Å². The maximum atomic E-state index is 4.39. The van der Waals surface area contributed by atoms with Crippen molar-refractivity contribution in [2.45, 2.75) is 79.7 Å². The number of anilines is 1. The van der Waals surface area contributed by atoms with Crippen molar-refractivity contribution in [2.75, 3.05) is 12.4 Å². The molecule has 0 unspecified atom stereocenters. The van der Waals surface area contributed by atoms with Crippen LogP contribution in [0.15, 0.2) is 60.4 Å². The zero-order valence-electron chi connectivity index (χ0n) is 19.9. The van der Waals surface area contributed by atoms with Gasteiger partial charge in [-0.15, -0.1) is 0 Å². The SMILES string of the molecule is C=C(C)/C(C)=C(\C)C(=C)N(C)C(=C)c1ccc(NC(CCC)CCC)cc1CC. The van der Waals surface area contributed by atoms with Gasteiger partial charge in [0.1, 0.15) is 0 Å². The van der Waals surface area contributed by atoms with Gasteiger partial charge in [-0.3, -0.25) is 0 Å². The molecule has 0 aromatic heterocycles. The number of hydrogen-bond acceptors (Lipinski definition) is 2. The summed E-state index contributed by atoms with van der Waals surface area (Å²) in [5.74, 6) is 0. The van der Waals surface area contributed by atoms with Crippen molar-refractivity contribution in [3.8, 4) is 0 Å². The Labute approximate surface area is 180 Å². The largest absolute Gasteiger partial charge is 0.382 e. The summed E-state index contributed by atoms with van der Waals surface area (Å²) >= 11 is 0. The first-order valence-corrected chi connectivity index (χ1v) is 11.0. The van der Waals surface area contributed by atoms with Crippen molar-refractivity contribution in [3.63, 3.8) is 0 Å². The van der Waals surface area contributed by atoms with E-state index < -0.39 is 0 Å². The van der Waals surface area contributed by atoms with E-state index in [2.05, 4.69) is 82.8 Å². The van der Waals surface area contributed by atoms with Crippen molar-refractivity contribution in [1.29, 1.82) is 0 Å². The van der Waals surface area contributed by atoms with Gasteiger partial charge in [-0.25, -0.2) is 0 Å². The molecule has 0 bridgehead atoms. The Balaban J connectivity index is 3.11. The molecule has 0 aliphatic carbocycles. The Morgan fingerprint density at radius 1 is 0.966 bits per heavy atom. The van der Waals surface area contributed by atoms with E-state index in [0.717, 1.165) is 29.0 Å². The van der Waals surface area contributed by atoms with E-state index in [1.807, 2.05) is 14.0 Å². The Morgan fingerprint density at radius 3 is 2.03 bits per heavy atom. The molecule has 1 rings (SSSR count). The van der Waals surface area contributed by atoms with Crippen molar-refractivity contribution in [3.05, 3.63) is 71.5 Å². The molecule has 1 N–H and O–H groups in total. The van der Waals surface area contributed by atoms with Gasteiger partial charge < -0.3 is 10.2 Å². The number of nitrogens with one attached hydrogen (secondary N) is 1. The van der Waals surface area contributed by atoms with Gasteiger partial charge in [0.05, 0.1) is 0 Å². The van der Waals surface area contributed by atoms with Crippen LogP contribution in [0.4, 0.5) is 5.69 Å². The lowest BCUT2D eigenvalue weighted by molar-refractivity contribution is 0.586. The predicted molar refractivity (Wildman–Crippen MR) is 132 cm³/mol. The van der Waals surface area contributed by atoms with E-state index in [9.17, 15) is 0 Å². The number of hydrogen-bond donors (Lipinski definition) is 1. The van der Waals surface area contributed by atoms with Crippen LogP contribution < -0.4 is 5.32 Å². The van der Waals surface area contributed by atoms with Crippen LogP contribution in [-0.2, 0) is 6.42 Å². The molecule has 1 aromatic rings. The fraction of sp³-hybridized carbons (Fsp3) is 0.481. The van der Waals surface area contributed by atoms with E-state index >= 15 is 0 Å². The smallest absolute Gasteiger partial charge is 0.0411 e. The second-order valence-electron chi connectivity index (χ2n) is 8.13. The molecule has 0 atom stereocenters. The minimum atomic E-state index is 0.545. The highest BCUT2D eigenvalue weighted by Crippen LogP contribution is 2.30. The molecule has 0 saturated carbocycles. The lowest BCUT2D eigenvalue weighted by atomic mass is 9.98. The van der Waals surface area contributed by atoms with Gasteiger partial charge in [-0.2, -0.15) is 0 Å². The Morgan fingerprint density at radius 2 is 1.55 bits per heavy atom. The summed E-state index contributed by atoms with van der Waals surface area (Å²) in [6, 6.07) is 7.23. The van der Waals surface area contributed by atoms with E-state index in [1.165, 1.54) is 48.1 Å². The van der Waals surface area contributed by atoms with Gasteiger partial charge in [0, 0.05) is 35.7 Å². The third-order valence-electron chi connectivity index (χ3n) is 5.89. The summed E-state index contributed by atoms with van der Waals surface area (Å²) in [4.78, 5) is 2.10. The van der Waals surface area contributed by atoms with Gasteiger partial charge in [-0.05, 0) is 68.9 Å². The van der Waals surface area contributed by atoms with Crippen molar-refractivity contribution in [1.82, 2.24) is 4.90 Å². The molecule has 0 amide bonds. The van der Waals surface area contributed by atoms with Gasteiger partial charge in [-0.1, -0.05) is 65.0 Å². The lowest BCUT2D eigenvalue weighted by Crippen LogP contribution is -2.20. The fourth-order valence-corrected chi connectivity index (χ4v) is 3.61. The van der Waals surface area contributed by atoms with Crippen molar-refractivity contribution in [2.24, 2.45) is 0 Å². The molecule has 1 aromatic carbocycles. The van der Waals surface area contributed by atoms with Crippen molar-refractivity contribution < 1.29 is 0 Å². The van der Waals surface area contributed by atoms with Crippen LogP contribution in [0.1, 0.15) is 78.4 Å². The zero-order valence-corrected chi connectivity index (χ0v) is 19.9. The average Bonchev–Trinajstić information content (AvgIpc) is 2.71. The highest BCUT2D eigenvalue weighted by atomic mass is 15.1. The standard InChI is InChI=1S/C27H42N2/c1-11-14-25(15-12-2)28-26-16-17-27(24(13-3)18-26)23(9)29(10)22(8)21(7)20(6)19(4)5/h16-18,25,28H,4,8-9,11-15H2,1-3,5-7,10H3/b21-20+. The average molecular weight is 395 g/mol. The fourth-order valence-electron chi connectivity index (χ4n) is 3.61. The third kappa shape index (κ3) is 6.66. The molecule has 0 aliphatic rings. The summed E-state index contributed by atoms with van der Waals surface area (Å²) in [6.07, 6.45) is 5.79. The molecule has 0 spiro atoms. The first-order valence-electron chi connectivity index (χ1n) is 11.0. The van der Waals surface area contributed by atoms with Crippen LogP contribution in [-0.4, -0.2) is 18.0 Å². The Bertz CT molecular complexity index is 761. The zero-order chi connectivity index (χ0) is 22.1. The first-order chi connectivity index (χ1) is 13.7. The number of benzene rings is 1. The minimum absolute atomic E-state index is 0.545. The molecule has 29 heavy (non-hydrogen) atoms. The topological polar surface area (TPSA) is 15.3 Å². The number of rotatable bonds is 12. The molecule has 0 fully saturated rings. The summed E-state index contributed by atoms with van der Waals surface area (Å²) in [7, 11) is 2.05. The normalized spacial score (nSPS) is 11.9. The third-order valence-corrected chi connectivity index (χ3v) is 5.89. The Kier molecular flexibility index (Phi) is 10.0. The van der Waals surface area contributed by atoms with Gasteiger partial charge >= 0.3 is 0 Å². The summed E-state index contributed by atoms with van der Waals surface area (Å²) in [5.41, 5.74) is 9.05. The monoisotopic (exact) mass is 394 g/mol. The maximum absolute atomic E-state index is 4.39. The molecule has 2 nitrogen and oxygen atoms in total. The van der Waals surface area contributed by atoms with Crippen molar-refractivity contribution >= 4 is 11.4 Å². The first kappa shape index (κ1) is 24.8. The van der Waals surface area contributed by atoms with Crippen LogP contribution >= 0.6 is 0 Å². The van der Waals surface area contributed by atoms with E-state index in [0.29, 0.717) is 6.04 Å². The Hall–Kier alpha value is -2.22. The van der Waals surface area contributed by atoms with Crippen LogP contribution in [0, 0.1) is 0 Å². The maximum Gasteiger partial charge on any atom is 0.0411 e. The molecular formula is C27H42N2. The highest BCUT2D eigenvalue weighted by molar-refractivity contribution is 5.69. The van der Waals surface area contributed by atoms with Crippen LogP contribution in [0.2, 0.25) is 0 Å². The molecule has 0 aliphatic heterocycles. The molecule has 0 radical (unpaired) electrons. The summed E-state index contributed by atoms with van der Waals surface area (Å²) < 4.78 is 0. The molecular weight excluding hydrogens is 352 g/mol. The van der Waals surface area contributed by atoms with E-state index in [1.54, 1.807) is 0 Å².